The zero-order chi connectivity index (χ0) is 24.1. The van der Waals surface area contributed by atoms with Gasteiger partial charge in [-0.05, 0) is 23.8 Å². The van der Waals surface area contributed by atoms with Gasteiger partial charge in [0, 0.05) is 37.2 Å². The monoisotopic (exact) mass is 478 g/mol. The minimum atomic E-state index is -0.447. The predicted octanol–water partition coefficient (Wildman–Crippen LogP) is 4.53. The fourth-order valence-corrected chi connectivity index (χ4v) is 4.61. The molecule has 0 bridgehead atoms. The van der Waals surface area contributed by atoms with Crippen LogP contribution in [0.3, 0.4) is 0 Å². The number of amides is 2. The molecule has 0 saturated carbocycles. The molecule has 7 heteroatoms. The van der Waals surface area contributed by atoms with Crippen molar-refractivity contribution in [3.63, 3.8) is 0 Å². The number of ether oxygens (including phenoxy) is 2. The third-order valence-corrected chi connectivity index (χ3v) is 6.53. The quantitative estimate of drug-likeness (QED) is 0.541. The molecule has 1 aliphatic rings. The number of hydrogen-bond donors (Lipinski definition) is 1. The Kier molecular flexibility index (Phi) is 7.38. The molecule has 0 aliphatic carbocycles. The second-order valence-electron chi connectivity index (χ2n) is 8.21. The Labute approximate surface area is 204 Å². The SMILES string of the molecule is COc1ccc(C2CN(C(=O)c3ccccc3Cl)CC2C(=O)NCc2ccccc2)c(OC)c1. The summed E-state index contributed by atoms with van der Waals surface area (Å²) in [7, 11) is 3.18. The normalized spacial score (nSPS) is 17.3. The van der Waals surface area contributed by atoms with Crippen LogP contribution in [0.4, 0.5) is 0 Å². The molecule has 34 heavy (non-hydrogen) atoms. The fourth-order valence-electron chi connectivity index (χ4n) is 4.40. The van der Waals surface area contributed by atoms with Gasteiger partial charge in [-0.1, -0.05) is 60.1 Å². The Balaban J connectivity index is 1.62. The maximum atomic E-state index is 13.4. The van der Waals surface area contributed by atoms with E-state index < -0.39 is 5.92 Å². The lowest BCUT2D eigenvalue weighted by molar-refractivity contribution is -0.125. The van der Waals surface area contributed by atoms with Crippen LogP contribution in [0.25, 0.3) is 0 Å². The number of carbonyl (C=O) groups excluding carboxylic acids is 2. The van der Waals surface area contributed by atoms with Gasteiger partial charge in [0.2, 0.25) is 5.91 Å². The van der Waals surface area contributed by atoms with E-state index in [-0.39, 0.29) is 24.3 Å². The van der Waals surface area contributed by atoms with E-state index in [9.17, 15) is 9.59 Å². The minimum Gasteiger partial charge on any atom is -0.497 e. The lowest BCUT2D eigenvalue weighted by Gasteiger charge is -2.21. The van der Waals surface area contributed by atoms with Crippen LogP contribution in [-0.2, 0) is 11.3 Å². The van der Waals surface area contributed by atoms with E-state index in [1.54, 1.807) is 49.5 Å². The number of halogens is 1. The Hall–Kier alpha value is -3.51. The highest BCUT2D eigenvalue weighted by Crippen LogP contribution is 2.40. The Morgan fingerprint density at radius 2 is 1.71 bits per heavy atom. The summed E-state index contributed by atoms with van der Waals surface area (Å²) >= 11 is 6.29. The molecule has 0 spiro atoms. The summed E-state index contributed by atoms with van der Waals surface area (Å²) in [5, 5.41) is 3.43. The maximum absolute atomic E-state index is 13.4. The van der Waals surface area contributed by atoms with E-state index in [1.165, 1.54) is 0 Å². The van der Waals surface area contributed by atoms with Crippen molar-refractivity contribution < 1.29 is 19.1 Å². The Morgan fingerprint density at radius 3 is 2.41 bits per heavy atom. The lowest BCUT2D eigenvalue weighted by Crippen LogP contribution is -2.35. The van der Waals surface area contributed by atoms with Crippen molar-refractivity contribution in [2.75, 3.05) is 27.3 Å². The molecule has 4 rings (SSSR count). The summed E-state index contributed by atoms with van der Waals surface area (Å²) in [5.74, 6) is 0.285. The van der Waals surface area contributed by atoms with E-state index in [1.807, 2.05) is 42.5 Å². The van der Waals surface area contributed by atoms with Crippen LogP contribution in [0, 0.1) is 5.92 Å². The number of likely N-dealkylation sites (tertiary alicyclic amines) is 1. The molecule has 0 aromatic heterocycles. The molecule has 1 heterocycles. The number of hydrogen-bond acceptors (Lipinski definition) is 4. The van der Waals surface area contributed by atoms with Gasteiger partial charge >= 0.3 is 0 Å². The number of nitrogens with one attached hydrogen (secondary N) is 1. The smallest absolute Gasteiger partial charge is 0.255 e. The van der Waals surface area contributed by atoms with Crippen LogP contribution < -0.4 is 14.8 Å². The van der Waals surface area contributed by atoms with Crippen molar-refractivity contribution in [3.05, 3.63) is 94.5 Å². The molecule has 1 N–H and O–H groups in total. The molecule has 3 aromatic carbocycles. The molecule has 1 aliphatic heterocycles. The van der Waals surface area contributed by atoms with E-state index in [0.717, 1.165) is 11.1 Å². The van der Waals surface area contributed by atoms with Gasteiger partial charge in [0.25, 0.3) is 5.91 Å². The van der Waals surface area contributed by atoms with Crippen LogP contribution in [0.2, 0.25) is 5.02 Å². The van der Waals surface area contributed by atoms with E-state index in [2.05, 4.69) is 5.32 Å². The second-order valence-corrected chi connectivity index (χ2v) is 8.62. The van der Waals surface area contributed by atoms with Crippen LogP contribution in [0.1, 0.15) is 27.4 Å². The maximum Gasteiger partial charge on any atom is 0.255 e. The number of nitrogens with zero attached hydrogens (tertiary/aromatic N) is 1. The largest absolute Gasteiger partial charge is 0.497 e. The van der Waals surface area contributed by atoms with E-state index >= 15 is 0 Å². The average molecular weight is 479 g/mol. The van der Waals surface area contributed by atoms with Crippen LogP contribution in [-0.4, -0.2) is 44.0 Å². The Morgan fingerprint density at radius 1 is 0.971 bits per heavy atom. The van der Waals surface area contributed by atoms with Crippen molar-refractivity contribution in [2.24, 2.45) is 5.92 Å². The van der Waals surface area contributed by atoms with Crippen molar-refractivity contribution in [1.29, 1.82) is 0 Å². The molecule has 3 aromatic rings. The van der Waals surface area contributed by atoms with Gasteiger partial charge in [-0.2, -0.15) is 0 Å². The van der Waals surface area contributed by atoms with Crippen molar-refractivity contribution >= 4 is 23.4 Å². The molecule has 2 amide bonds. The van der Waals surface area contributed by atoms with Gasteiger partial charge in [-0.3, -0.25) is 9.59 Å². The molecule has 2 unspecified atom stereocenters. The topological polar surface area (TPSA) is 67.9 Å². The molecular weight excluding hydrogens is 452 g/mol. The van der Waals surface area contributed by atoms with E-state index in [0.29, 0.717) is 35.2 Å². The number of carbonyl (C=O) groups is 2. The van der Waals surface area contributed by atoms with E-state index in [4.69, 9.17) is 21.1 Å². The van der Waals surface area contributed by atoms with Crippen LogP contribution in [0.15, 0.2) is 72.8 Å². The molecule has 176 valence electrons. The number of methoxy groups -OCH3 is 2. The van der Waals surface area contributed by atoms with Crippen LogP contribution >= 0.6 is 11.6 Å². The molecule has 1 fully saturated rings. The first-order valence-electron chi connectivity index (χ1n) is 11.1. The number of benzene rings is 3. The first kappa shape index (κ1) is 23.6. The predicted molar refractivity (Wildman–Crippen MR) is 131 cm³/mol. The minimum absolute atomic E-state index is 0.110. The molecule has 1 saturated heterocycles. The lowest BCUT2D eigenvalue weighted by atomic mass is 9.87. The average Bonchev–Trinajstić information content (AvgIpc) is 3.32. The van der Waals surface area contributed by atoms with Crippen molar-refractivity contribution in [1.82, 2.24) is 10.2 Å². The highest BCUT2D eigenvalue weighted by atomic mass is 35.5. The zero-order valence-corrected chi connectivity index (χ0v) is 19.9. The molecule has 0 radical (unpaired) electrons. The summed E-state index contributed by atoms with van der Waals surface area (Å²) in [6, 6.07) is 22.3. The molecule has 2 atom stereocenters. The van der Waals surface area contributed by atoms with Gasteiger partial charge < -0.3 is 19.7 Å². The first-order chi connectivity index (χ1) is 16.5. The van der Waals surface area contributed by atoms with Gasteiger partial charge in [-0.25, -0.2) is 0 Å². The van der Waals surface area contributed by atoms with Crippen molar-refractivity contribution in [2.45, 2.75) is 12.5 Å². The second kappa shape index (κ2) is 10.6. The summed E-state index contributed by atoms with van der Waals surface area (Å²) in [6.07, 6.45) is 0. The van der Waals surface area contributed by atoms with Gasteiger partial charge in [0.05, 0.1) is 30.7 Å². The third-order valence-electron chi connectivity index (χ3n) is 6.20. The van der Waals surface area contributed by atoms with Crippen molar-refractivity contribution in [3.8, 4) is 11.5 Å². The molecule has 6 nitrogen and oxygen atoms in total. The number of rotatable bonds is 7. The van der Waals surface area contributed by atoms with Crippen LogP contribution in [0.5, 0.6) is 11.5 Å². The summed E-state index contributed by atoms with van der Waals surface area (Å²) in [5.41, 5.74) is 2.30. The first-order valence-corrected chi connectivity index (χ1v) is 11.5. The standard InChI is InChI=1S/C27H27ClN2O4/c1-33-19-12-13-20(25(14-19)34-2)22-16-30(27(32)21-10-6-7-11-24(21)28)17-23(22)26(31)29-15-18-8-4-3-5-9-18/h3-14,22-23H,15-17H2,1-2H3,(H,29,31). The Bertz CT molecular complexity index is 1170. The molecular formula is C27H27ClN2O4. The third kappa shape index (κ3) is 5.02. The highest BCUT2D eigenvalue weighted by molar-refractivity contribution is 6.33. The highest BCUT2D eigenvalue weighted by Gasteiger charge is 2.42. The van der Waals surface area contributed by atoms with Gasteiger partial charge in [0.1, 0.15) is 11.5 Å². The summed E-state index contributed by atoms with van der Waals surface area (Å²) in [6.45, 7) is 1.07. The van der Waals surface area contributed by atoms with Gasteiger partial charge in [-0.15, -0.1) is 0 Å². The van der Waals surface area contributed by atoms with Gasteiger partial charge in [0.15, 0.2) is 0 Å². The summed E-state index contributed by atoms with van der Waals surface area (Å²) in [4.78, 5) is 28.4. The summed E-state index contributed by atoms with van der Waals surface area (Å²) < 4.78 is 10.9. The zero-order valence-electron chi connectivity index (χ0n) is 19.2. The fraction of sp³-hybridized carbons (Fsp3) is 0.259.